The van der Waals surface area contributed by atoms with Crippen LogP contribution in [0.1, 0.15) is 47.5 Å². The lowest BCUT2D eigenvalue weighted by atomic mass is 10.0. The number of hydrogen-bond donors (Lipinski definition) is 0. The van der Waals surface area contributed by atoms with E-state index in [1.807, 2.05) is 24.3 Å². The first-order valence-corrected chi connectivity index (χ1v) is 5.31. The van der Waals surface area contributed by atoms with Crippen molar-refractivity contribution in [1.29, 1.82) is 5.26 Å². The fraction of sp³-hybridized carbons (Fsp3) is 0.385. The maximum Gasteiger partial charge on any atom is 0.163 e. The van der Waals surface area contributed by atoms with Gasteiger partial charge in [0.1, 0.15) is 0 Å². The normalized spacial score (nSPS) is 14.6. The summed E-state index contributed by atoms with van der Waals surface area (Å²) in [5.74, 6) is 0.757. The summed E-state index contributed by atoms with van der Waals surface area (Å²) in [6.07, 6.45) is 3.14. The van der Waals surface area contributed by atoms with Crippen LogP contribution < -0.4 is 0 Å². The highest BCUT2D eigenvalue weighted by Gasteiger charge is 2.23. The van der Waals surface area contributed by atoms with Crippen molar-refractivity contribution in [3.63, 3.8) is 0 Å². The van der Waals surface area contributed by atoms with Gasteiger partial charge in [0.05, 0.1) is 6.07 Å². The van der Waals surface area contributed by atoms with Crippen LogP contribution in [0.2, 0.25) is 0 Å². The highest BCUT2D eigenvalue weighted by Crippen LogP contribution is 2.40. The molecule has 76 valence electrons. The molecule has 0 heterocycles. The van der Waals surface area contributed by atoms with Gasteiger partial charge in [0.15, 0.2) is 5.78 Å². The zero-order valence-corrected chi connectivity index (χ0v) is 8.57. The van der Waals surface area contributed by atoms with Gasteiger partial charge >= 0.3 is 0 Å². The molecule has 1 aromatic carbocycles. The number of nitrogens with zero attached hydrogens (tertiary/aromatic N) is 1. The molecule has 0 radical (unpaired) electrons. The van der Waals surface area contributed by atoms with Gasteiger partial charge in [-0.15, -0.1) is 0 Å². The van der Waals surface area contributed by atoms with Gasteiger partial charge in [-0.3, -0.25) is 4.79 Å². The van der Waals surface area contributed by atoms with E-state index in [0.717, 1.165) is 5.56 Å². The molecule has 0 unspecified atom stereocenters. The summed E-state index contributed by atoms with van der Waals surface area (Å²) >= 11 is 0. The molecular formula is C13H13NO. The van der Waals surface area contributed by atoms with E-state index in [9.17, 15) is 4.79 Å². The van der Waals surface area contributed by atoms with E-state index in [-0.39, 0.29) is 5.78 Å². The fourth-order valence-corrected chi connectivity index (χ4v) is 1.70. The first-order chi connectivity index (χ1) is 7.31. The number of nitriles is 1. The minimum atomic E-state index is 0.0825. The molecule has 0 atom stereocenters. The molecule has 0 spiro atoms. The highest BCUT2D eigenvalue weighted by atomic mass is 16.1. The van der Waals surface area contributed by atoms with Crippen molar-refractivity contribution >= 4 is 5.78 Å². The average Bonchev–Trinajstić information content (AvgIpc) is 3.10. The fourth-order valence-electron chi connectivity index (χ4n) is 1.70. The van der Waals surface area contributed by atoms with Gasteiger partial charge in [-0.2, -0.15) is 5.26 Å². The summed E-state index contributed by atoms with van der Waals surface area (Å²) in [5, 5.41) is 8.41. The summed E-state index contributed by atoms with van der Waals surface area (Å²) < 4.78 is 0. The van der Waals surface area contributed by atoms with E-state index in [4.69, 9.17) is 5.26 Å². The summed E-state index contributed by atoms with van der Waals surface area (Å²) in [4.78, 5) is 11.6. The molecular weight excluding hydrogens is 186 g/mol. The third-order valence-electron chi connectivity index (χ3n) is 2.72. The molecule has 1 saturated carbocycles. The quantitative estimate of drug-likeness (QED) is 0.699. The molecule has 0 saturated heterocycles. The van der Waals surface area contributed by atoms with E-state index >= 15 is 0 Å². The molecule has 0 aliphatic heterocycles. The second-order valence-electron chi connectivity index (χ2n) is 3.98. The predicted octanol–water partition coefficient (Wildman–Crippen LogP) is 3.05. The Morgan fingerprint density at radius 3 is 2.93 bits per heavy atom. The van der Waals surface area contributed by atoms with Crippen LogP contribution in [0.15, 0.2) is 24.3 Å². The van der Waals surface area contributed by atoms with Crippen molar-refractivity contribution in [2.24, 2.45) is 0 Å². The lowest BCUT2D eigenvalue weighted by Gasteiger charge is -2.02. The molecule has 1 aliphatic rings. The van der Waals surface area contributed by atoms with Gasteiger partial charge in [0, 0.05) is 18.4 Å². The number of benzene rings is 1. The lowest BCUT2D eigenvalue weighted by molar-refractivity contribution is 0.0984. The van der Waals surface area contributed by atoms with Crippen molar-refractivity contribution in [1.82, 2.24) is 0 Å². The van der Waals surface area contributed by atoms with Crippen molar-refractivity contribution < 1.29 is 4.79 Å². The van der Waals surface area contributed by atoms with Crippen molar-refractivity contribution in [2.45, 2.75) is 31.6 Å². The maximum atomic E-state index is 11.6. The van der Waals surface area contributed by atoms with E-state index in [2.05, 4.69) is 6.07 Å². The number of rotatable bonds is 4. The first-order valence-electron chi connectivity index (χ1n) is 5.31. The molecule has 0 N–H and O–H groups in total. The van der Waals surface area contributed by atoms with Gasteiger partial charge in [-0.25, -0.2) is 0 Å². The Bertz CT molecular complexity index is 413. The van der Waals surface area contributed by atoms with Gasteiger partial charge in [0.2, 0.25) is 0 Å². The maximum absolute atomic E-state index is 11.6. The Hall–Kier alpha value is -1.62. The van der Waals surface area contributed by atoms with Gasteiger partial charge < -0.3 is 0 Å². The minimum absolute atomic E-state index is 0.0825. The van der Waals surface area contributed by atoms with E-state index in [1.54, 1.807) is 0 Å². The summed E-state index contributed by atoms with van der Waals surface area (Å²) in [6.45, 7) is 0. The third kappa shape index (κ3) is 2.44. The molecule has 2 nitrogen and oxygen atoms in total. The molecule has 2 heteroatoms. The van der Waals surface area contributed by atoms with Crippen molar-refractivity contribution in [3.05, 3.63) is 35.4 Å². The Morgan fingerprint density at radius 2 is 2.27 bits per heavy atom. The topological polar surface area (TPSA) is 40.9 Å². The summed E-state index contributed by atoms with van der Waals surface area (Å²) in [6, 6.07) is 9.84. The van der Waals surface area contributed by atoms with Crippen LogP contribution >= 0.6 is 0 Å². The Morgan fingerprint density at radius 1 is 1.47 bits per heavy atom. The number of hydrogen-bond acceptors (Lipinski definition) is 2. The highest BCUT2D eigenvalue weighted by molar-refractivity contribution is 5.96. The summed E-state index contributed by atoms with van der Waals surface area (Å²) in [7, 11) is 0. The van der Waals surface area contributed by atoms with Crippen molar-refractivity contribution in [3.8, 4) is 6.07 Å². The lowest BCUT2D eigenvalue weighted by Crippen LogP contribution is -1.98. The van der Waals surface area contributed by atoms with Crippen molar-refractivity contribution in [2.75, 3.05) is 0 Å². The van der Waals surface area contributed by atoms with Crippen LogP contribution in [0.5, 0.6) is 0 Å². The standard InChI is InChI=1S/C13H13NO/c14-8-2-5-13(15)12-4-1-3-11(9-12)10-6-7-10/h1,3-4,9-10H,2,5-7H2. The number of carbonyl (C=O) groups is 1. The smallest absolute Gasteiger partial charge is 0.163 e. The number of Topliss-reactive ketones (excluding diaryl/α,β-unsaturated/α-hetero) is 1. The second kappa shape index (κ2) is 4.27. The zero-order valence-electron chi connectivity index (χ0n) is 8.57. The van der Waals surface area contributed by atoms with E-state index in [1.165, 1.54) is 18.4 Å². The van der Waals surface area contributed by atoms with Crippen LogP contribution in [0.3, 0.4) is 0 Å². The molecule has 1 aliphatic carbocycles. The first kappa shape index (κ1) is 9.92. The summed E-state index contributed by atoms with van der Waals surface area (Å²) in [5.41, 5.74) is 2.03. The monoisotopic (exact) mass is 199 g/mol. The molecule has 1 fully saturated rings. The molecule has 0 amide bonds. The largest absolute Gasteiger partial charge is 0.294 e. The van der Waals surface area contributed by atoms with Crippen LogP contribution in [-0.2, 0) is 0 Å². The average molecular weight is 199 g/mol. The van der Waals surface area contributed by atoms with E-state index in [0.29, 0.717) is 18.8 Å². The van der Waals surface area contributed by atoms with Gasteiger partial charge in [-0.05, 0) is 30.4 Å². The molecule has 0 bridgehead atoms. The Balaban J connectivity index is 2.10. The Labute approximate surface area is 89.5 Å². The molecule has 1 aromatic rings. The van der Waals surface area contributed by atoms with Gasteiger partial charge in [-0.1, -0.05) is 18.2 Å². The SMILES string of the molecule is N#CCCC(=O)c1cccc(C2CC2)c1. The van der Waals surface area contributed by atoms with Crippen LogP contribution in [0, 0.1) is 11.3 Å². The van der Waals surface area contributed by atoms with Crippen LogP contribution in [-0.4, -0.2) is 5.78 Å². The van der Waals surface area contributed by atoms with Crippen LogP contribution in [0.25, 0.3) is 0 Å². The van der Waals surface area contributed by atoms with E-state index < -0.39 is 0 Å². The molecule has 0 aromatic heterocycles. The second-order valence-corrected chi connectivity index (χ2v) is 3.98. The Kier molecular flexibility index (Phi) is 2.82. The van der Waals surface area contributed by atoms with Gasteiger partial charge in [0.25, 0.3) is 0 Å². The molecule has 15 heavy (non-hydrogen) atoms. The predicted molar refractivity (Wildman–Crippen MR) is 57.6 cm³/mol. The zero-order chi connectivity index (χ0) is 10.7. The third-order valence-corrected chi connectivity index (χ3v) is 2.72. The number of carbonyl (C=O) groups excluding carboxylic acids is 1. The minimum Gasteiger partial charge on any atom is -0.294 e. The molecule has 2 rings (SSSR count). The number of ketones is 1. The van der Waals surface area contributed by atoms with Crippen LogP contribution in [0.4, 0.5) is 0 Å².